The lowest BCUT2D eigenvalue weighted by molar-refractivity contribution is -0.133. The second-order valence-electron chi connectivity index (χ2n) is 9.89. The van der Waals surface area contributed by atoms with E-state index in [-0.39, 0.29) is 25.3 Å². The third kappa shape index (κ3) is 6.49. The van der Waals surface area contributed by atoms with Crippen molar-refractivity contribution < 1.29 is 33.3 Å². The zero-order chi connectivity index (χ0) is 28.8. The molecule has 0 aliphatic carbocycles. The van der Waals surface area contributed by atoms with E-state index in [4.69, 9.17) is 28.8 Å². The fourth-order valence-electron chi connectivity index (χ4n) is 5.16. The van der Waals surface area contributed by atoms with E-state index in [2.05, 4.69) is 10.2 Å². The van der Waals surface area contributed by atoms with Crippen molar-refractivity contribution in [2.24, 2.45) is 5.10 Å². The van der Waals surface area contributed by atoms with Gasteiger partial charge in [0.15, 0.2) is 11.5 Å². The Morgan fingerprint density at radius 2 is 1.88 bits per heavy atom. The summed E-state index contributed by atoms with van der Waals surface area (Å²) in [5.41, 5.74) is 2.31. The highest BCUT2D eigenvalue weighted by Crippen LogP contribution is 2.40. The molecule has 3 aliphatic rings. The Bertz CT molecular complexity index is 1280. The zero-order valence-corrected chi connectivity index (χ0v) is 23.8. The van der Waals surface area contributed by atoms with Gasteiger partial charge in [-0.2, -0.15) is 5.10 Å². The molecule has 1 fully saturated rings. The molecule has 0 saturated carbocycles. The molecule has 1 unspecified atom stereocenters. The summed E-state index contributed by atoms with van der Waals surface area (Å²) in [7, 11) is 3.18. The van der Waals surface area contributed by atoms with Gasteiger partial charge in [0.05, 0.1) is 39.2 Å². The molecule has 0 spiro atoms. The number of carbonyl (C=O) groups excluding carboxylic acids is 2. The number of benzene rings is 2. The summed E-state index contributed by atoms with van der Waals surface area (Å²) < 4.78 is 27.5. The number of ether oxygens (including phenoxy) is 5. The number of morpholine rings is 1. The summed E-state index contributed by atoms with van der Waals surface area (Å²) >= 11 is 0. The Morgan fingerprint density at radius 3 is 2.63 bits per heavy atom. The van der Waals surface area contributed by atoms with Crippen LogP contribution in [0.25, 0.3) is 0 Å². The number of methoxy groups -OCH3 is 2. The summed E-state index contributed by atoms with van der Waals surface area (Å²) in [6, 6.07) is 10.5. The first-order chi connectivity index (χ1) is 20.0. The lowest BCUT2D eigenvalue weighted by atomic mass is 9.97. The van der Waals surface area contributed by atoms with Gasteiger partial charge in [-0.3, -0.25) is 9.69 Å². The van der Waals surface area contributed by atoms with Gasteiger partial charge in [0.2, 0.25) is 6.79 Å². The normalized spacial score (nSPS) is 18.2. The molecule has 12 nitrogen and oxygen atoms in total. The number of amides is 3. The standard InChI is InChI=1S/C29H37N5O7/c1-4-30-29(36)33(10-9-32-11-13-39-14-12-32)18-28(35)34-24(20-5-8-25-27(15-20)41-19-40-25)17-23(31-34)22-7-6-21(37-2)16-26(22)38-3/h5-8,15-16,24H,4,9-14,17-19H2,1-3H3,(H,30,36). The zero-order valence-electron chi connectivity index (χ0n) is 23.8. The van der Waals surface area contributed by atoms with Crippen molar-refractivity contribution in [1.82, 2.24) is 20.1 Å². The predicted molar refractivity (Wildman–Crippen MR) is 151 cm³/mol. The molecule has 1 atom stereocenters. The van der Waals surface area contributed by atoms with Crippen LogP contribution in [0.15, 0.2) is 41.5 Å². The molecule has 3 amide bonds. The van der Waals surface area contributed by atoms with Crippen LogP contribution in [0.2, 0.25) is 0 Å². The number of hydrogen-bond acceptors (Lipinski definition) is 9. The van der Waals surface area contributed by atoms with Crippen molar-refractivity contribution in [3.05, 3.63) is 47.5 Å². The number of fused-ring (bicyclic) bond motifs is 1. The molecule has 0 bridgehead atoms. The van der Waals surface area contributed by atoms with Crippen LogP contribution in [0.5, 0.6) is 23.0 Å². The van der Waals surface area contributed by atoms with Gasteiger partial charge in [-0.15, -0.1) is 0 Å². The van der Waals surface area contributed by atoms with Crippen molar-refractivity contribution in [3.8, 4) is 23.0 Å². The van der Waals surface area contributed by atoms with E-state index in [9.17, 15) is 9.59 Å². The topological polar surface area (TPSA) is 114 Å². The molecule has 3 aliphatic heterocycles. The average Bonchev–Trinajstić information content (AvgIpc) is 3.66. The van der Waals surface area contributed by atoms with Crippen LogP contribution in [-0.2, 0) is 9.53 Å². The van der Waals surface area contributed by atoms with E-state index in [0.717, 1.165) is 24.2 Å². The quantitative estimate of drug-likeness (QED) is 0.466. The van der Waals surface area contributed by atoms with Gasteiger partial charge in [-0.25, -0.2) is 9.80 Å². The molecule has 3 heterocycles. The maximum Gasteiger partial charge on any atom is 0.317 e. The first kappa shape index (κ1) is 28.5. The Labute approximate surface area is 239 Å². The van der Waals surface area contributed by atoms with E-state index in [1.807, 2.05) is 37.3 Å². The van der Waals surface area contributed by atoms with Gasteiger partial charge in [0.25, 0.3) is 5.91 Å². The summed E-state index contributed by atoms with van der Waals surface area (Å²) in [4.78, 5) is 30.7. The van der Waals surface area contributed by atoms with Crippen molar-refractivity contribution in [2.75, 3.05) is 73.5 Å². The number of hydrogen-bond donors (Lipinski definition) is 1. The fraction of sp³-hybridized carbons (Fsp3) is 0.483. The third-order valence-corrected chi connectivity index (χ3v) is 7.40. The molecule has 0 radical (unpaired) electrons. The Morgan fingerprint density at radius 1 is 1.07 bits per heavy atom. The van der Waals surface area contributed by atoms with E-state index < -0.39 is 6.04 Å². The molecule has 2 aromatic rings. The van der Waals surface area contributed by atoms with E-state index in [0.29, 0.717) is 68.0 Å². The Balaban J connectivity index is 1.42. The van der Waals surface area contributed by atoms with Crippen LogP contribution < -0.4 is 24.3 Å². The molecule has 1 N–H and O–H groups in total. The largest absolute Gasteiger partial charge is 0.497 e. The molecule has 41 heavy (non-hydrogen) atoms. The Hall–Kier alpha value is -4.03. The van der Waals surface area contributed by atoms with Crippen LogP contribution in [0.1, 0.15) is 30.5 Å². The summed E-state index contributed by atoms with van der Waals surface area (Å²) in [5.74, 6) is 2.25. The van der Waals surface area contributed by atoms with Crippen LogP contribution in [0.3, 0.4) is 0 Å². The molecular weight excluding hydrogens is 530 g/mol. The third-order valence-electron chi connectivity index (χ3n) is 7.40. The van der Waals surface area contributed by atoms with Gasteiger partial charge in [0.1, 0.15) is 18.0 Å². The molecule has 1 saturated heterocycles. The van der Waals surface area contributed by atoms with E-state index in [1.165, 1.54) is 5.01 Å². The number of nitrogens with one attached hydrogen (secondary N) is 1. The highest BCUT2D eigenvalue weighted by Gasteiger charge is 2.36. The smallest absolute Gasteiger partial charge is 0.317 e. The summed E-state index contributed by atoms with van der Waals surface area (Å²) in [6.45, 7) is 6.34. The van der Waals surface area contributed by atoms with Gasteiger partial charge in [-0.05, 0) is 36.8 Å². The maximum absolute atomic E-state index is 13.9. The molecule has 0 aromatic heterocycles. The van der Waals surface area contributed by atoms with Crippen molar-refractivity contribution >= 4 is 17.6 Å². The first-order valence-corrected chi connectivity index (χ1v) is 13.8. The van der Waals surface area contributed by atoms with Gasteiger partial charge >= 0.3 is 6.03 Å². The van der Waals surface area contributed by atoms with Crippen LogP contribution in [0.4, 0.5) is 4.79 Å². The highest BCUT2D eigenvalue weighted by molar-refractivity contribution is 6.05. The van der Waals surface area contributed by atoms with Crippen LogP contribution in [0, 0.1) is 0 Å². The van der Waals surface area contributed by atoms with Crippen molar-refractivity contribution in [1.29, 1.82) is 0 Å². The van der Waals surface area contributed by atoms with Crippen molar-refractivity contribution in [3.63, 3.8) is 0 Å². The number of rotatable bonds is 10. The lowest BCUT2D eigenvalue weighted by Crippen LogP contribution is -2.49. The molecule has 5 rings (SSSR count). The first-order valence-electron chi connectivity index (χ1n) is 13.8. The molecule has 220 valence electrons. The lowest BCUT2D eigenvalue weighted by Gasteiger charge is -2.31. The summed E-state index contributed by atoms with van der Waals surface area (Å²) in [6.07, 6.45) is 0.447. The number of urea groups is 1. The van der Waals surface area contributed by atoms with E-state index in [1.54, 1.807) is 25.2 Å². The van der Waals surface area contributed by atoms with Gasteiger partial charge in [0, 0.05) is 50.8 Å². The average molecular weight is 568 g/mol. The molecule has 2 aromatic carbocycles. The predicted octanol–water partition coefficient (Wildman–Crippen LogP) is 2.47. The maximum atomic E-state index is 13.9. The minimum Gasteiger partial charge on any atom is -0.497 e. The van der Waals surface area contributed by atoms with Gasteiger partial charge in [-0.1, -0.05) is 6.07 Å². The molecule has 12 heteroatoms. The van der Waals surface area contributed by atoms with Gasteiger partial charge < -0.3 is 33.9 Å². The second-order valence-corrected chi connectivity index (χ2v) is 9.89. The number of hydrazone groups is 1. The fourth-order valence-corrected chi connectivity index (χ4v) is 5.16. The summed E-state index contributed by atoms with van der Waals surface area (Å²) in [5, 5.41) is 9.13. The second kappa shape index (κ2) is 13.1. The monoisotopic (exact) mass is 567 g/mol. The minimum absolute atomic E-state index is 0.117. The van der Waals surface area contributed by atoms with Crippen LogP contribution >= 0.6 is 0 Å². The minimum atomic E-state index is -0.408. The highest BCUT2D eigenvalue weighted by atomic mass is 16.7. The molecular formula is C29H37N5O7. The van der Waals surface area contributed by atoms with E-state index >= 15 is 0 Å². The number of nitrogens with zero attached hydrogens (tertiary/aromatic N) is 4. The van der Waals surface area contributed by atoms with Crippen LogP contribution in [-0.4, -0.2) is 106 Å². The van der Waals surface area contributed by atoms with Crippen molar-refractivity contribution in [2.45, 2.75) is 19.4 Å². The SMILES string of the molecule is CCNC(=O)N(CCN1CCOCC1)CC(=O)N1N=C(c2ccc(OC)cc2OC)CC1c1ccc2c(c1)OCO2. The number of carbonyl (C=O) groups is 2. The Kier molecular flexibility index (Phi) is 9.10.